The van der Waals surface area contributed by atoms with E-state index in [-0.39, 0.29) is 46.0 Å². The molecule has 164 valence electrons. The molecule has 6 bridgehead atoms. The highest BCUT2D eigenvalue weighted by Gasteiger charge is 2.83. The van der Waals surface area contributed by atoms with Gasteiger partial charge in [-0.2, -0.15) is 0 Å². The number of allylic oxidation sites excluding steroid dienone is 1. The van der Waals surface area contributed by atoms with Gasteiger partial charge in [-0.3, -0.25) is 0 Å². The Balaban J connectivity index is 1.52. The second-order valence-corrected chi connectivity index (χ2v) is 11.7. The van der Waals surface area contributed by atoms with Gasteiger partial charge >= 0.3 is 5.97 Å². The smallest absolute Gasteiger partial charge is 0.333 e. The molecule has 0 radical (unpaired) electrons. The molecule has 1 N–H and O–H groups in total. The van der Waals surface area contributed by atoms with Crippen molar-refractivity contribution in [2.75, 3.05) is 6.54 Å². The number of hydrogen-bond acceptors (Lipinski definition) is 5. The number of rotatable bonds is 2. The first-order chi connectivity index (χ1) is 14.2. The zero-order valence-electron chi connectivity index (χ0n) is 18.4. The van der Waals surface area contributed by atoms with E-state index in [0.29, 0.717) is 18.0 Å². The fourth-order valence-corrected chi connectivity index (χ4v) is 10.2. The van der Waals surface area contributed by atoms with E-state index in [1.165, 1.54) is 11.5 Å². The van der Waals surface area contributed by atoms with Crippen molar-refractivity contribution in [3.8, 4) is 0 Å². The maximum absolute atomic E-state index is 13.7. The van der Waals surface area contributed by atoms with Gasteiger partial charge in [-0.1, -0.05) is 31.6 Å². The number of piperidine rings is 1. The third-order valence-electron chi connectivity index (χ3n) is 10.8. The molecule has 6 rings (SSSR count). The Morgan fingerprint density at radius 1 is 1.37 bits per heavy atom. The molecule has 1 saturated heterocycles. The molecule has 5 nitrogen and oxygen atoms in total. The summed E-state index contributed by atoms with van der Waals surface area (Å²) >= 11 is 0. The predicted octanol–water partition coefficient (Wildman–Crippen LogP) is 3.82. The van der Waals surface area contributed by atoms with Crippen LogP contribution < -0.4 is 0 Å². The average molecular weight is 413 g/mol. The van der Waals surface area contributed by atoms with Crippen LogP contribution >= 0.6 is 0 Å². The molecule has 0 amide bonds. The molecular formula is C25H34NO4-. The molecule has 0 aromatic carbocycles. The molecule has 1 heterocycles. The average Bonchev–Trinajstić information content (AvgIpc) is 2.94. The Hall–Kier alpha value is -1.17. The zero-order valence-corrected chi connectivity index (χ0v) is 18.4. The largest absolute Gasteiger partial charge is 0.785 e. The van der Waals surface area contributed by atoms with Gasteiger partial charge in [0.25, 0.3) is 0 Å². The first-order valence-corrected chi connectivity index (χ1v) is 11.8. The maximum atomic E-state index is 13.7. The molecule has 0 unspecified atom stereocenters. The third-order valence-corrected chi connectivity index (χ3v) is 10.8. The number of carbonyl (C=O) groups excluding carboxylic acids is 1. The van der Waals surface area contributed by atoms with Crippen molar-refractivity contribution < 1.29 is 14.6 Å². The van der Waals surface area contributed by atoms with E-state index in [4.69, 9.17) is 4.74 Å². The highest BCUT2D eigenvalue weighted by Crippen LogP contribution is 2.83. The SMILES string of the molecule is C=C1C[C@@]23CC[C@@H]4[C@@]5(C)CCC[C@@]46[C@@H]2[C@H](O)[C@H](OC(=O)/C(C)=C/C)[C@@H]1[C@@H]3[C@H]6N([O-])C5. The number of esters is 1. The van der Waals surface area contributed by atoms with Crippen LogP contribution in [-0.2, 0) is 9.53 Å². The molecule has 5 saturated carbocycles. The number of hydroxylamine groups is 2. The zero-order chi connectivity index (χ0) is 21.2. The topological polar surface area (TPSA) is 72.8 Å². The van der Waals surface area contributed by atoms with Gasteiger partial charge in [0.05, 0.1) is 6.10 Å². The number of aliphatic hydroxyl groups excluding tert-OH is 1. The number of nitrogens with zero attached hydrogens (tertiary/aromatic N) is 1. The lowest BCUT2D eigenvalue weighted by atomic mass is 9.42. The van der Waals surface area contributed by atoms with Crippen molar-refractivity contribution in [1.82, 2.24) is 5.06 Å². The Kier molecular flexibility index (Phi) is 3.76. The molecule has 2 spiro atoms. The van der Waals surface area contributed by atoms with Crippen LogP contribution in [0.5, 0.6) is 0 Å². The molecule has 5 heteroatoms. The summed E-state index contributed by atoms with van der Waals surface area (Å²) in [5.41, 5.74) is 1.52. The van der Waals surface area contributed by atoms with Gasteiger partial charge in [0.2, 0.25) is 0 Å². The number of aliphatic hydroxyl groups is 1. The van der Waals surface area contributed by atoms with Crippen molar-refractivity contribution in [2.45, 2.75) is 77.5 Å². The molecule has 6 fully saturated rings. The minimum atomic E-state index is -0.708. The van der Waals surface area contributed by atoms with Crippen molar-refractivity contribution in [3.63, 3.8) is 0 Å². The van der Waals surface area contributed by atoms with Gasteiger partial charge < -0.3 is 20.1 Å². The van der Waals surface area contributed by atoms with Crippen molar-refractivity contribution in [3.05, 3.63) is 29.0 Å². The molecule has 0 aromatic heterocycles. The van der Waals surface area contributed by atoms with Crippen LogP contribution in [0.2, 0.25) is 0 Å². The molecular weight excluding hydrogens is 378 g/mol. The molecule has 6 aliphatic rings. The van der Waals surface area contributed by atoms with Gasteiger partial charge in [0, 0.05) is 23.5 Å². The summed E-state index contributed by atoms with van der Waals surface area (Å²) in [5.74, 6) is 0.234. The van der Waals surface area contributed by atoms with Crippen LogP contribution in [0.3, 0.4) is 0 Å². The first kappa shape index (κ1) is 19.5. The third kappa shape index (κ3) is 1.91. The van der Waals surface area contributed by atoms with E-state index in [1.54, 1.807) is 13.0 Å². The summed E-state index contributed by atoms with van der Waals surface area (Å²) in [6.07, 6.45) is 6.88. The Morgan fingerprint density at radius 2 is 2.13 bits per heavy atom. The molecule has 10 atom stereocenters. The van der Waals surface area contributed by atoms with Crippen LogP contribution in [0.4, 0.5) is 0 Å². The summed E-state index contributed by atoms with van der Waals surface area (Å²) < 4.78 is 6.00. The van der Waals surface area contributed by atoms with Crippen LogP contribution in [0.1, 0.15) is 59.3 Å². The first-order valence-electron chi connectivity index (χ1n) is 11.8. The molecule has 5 aliphatic carbocycles. The summed E-state index contributed by atoms with van der Waals surface area (Å²) in [4.78, 5) is 12.7. The van der Waals surface area contributed by atoms with Gasteiger partial charge in [-0.15, -0.1) is 0 Å². The fraction of sp³-hybridized carbons (Fsp3) is 0.800. The van der Waals surface area contributed by atoms with E-state index in [9.17, 15) is 15.1 Å². The standard InChI is InChI=1S/C25H34NO4/c1-5-13(2)22(28)30-19-16-14(3)11-24-10-7-15-23(4)8-6-9-25(15,20(24)18(19)27)21(17(16)24)26(29)12-23/h5,15-21,27H,3,6-12H2,1-2,4H3/q-1/b13-5+/t15-,16+,17-,18-,19-,20-,21-,23+,24-,25+/m1/s1. The summed E-state index contributed by atoms with van der Waals surface area (Å²) in [6.45, 7) is 10.9. The quantitative estimate of drug-likeness (QED) is 0.424. The Bertz CT molecular complexity index is 867. The maximum Gasteiger partial charge on any atom is 0.333 e. The Morgan fingerprint density at radius 3 is 2.87 bits per heavy atom. The molecule has 0 aromatic rings. The van der Waals surface area contributed by atoms with E-state index in [0.717, 1.165) is 37.7 Å². The van der Waals surface area contributed by atoms with Gasteiger partial charge in [0.1, 0.15) is 6.10 Å². The van der Waals surface area contributed by atoms with Crippen LogP contribution in [0.25, 0.3) is 0 Å². The summed E-state index contributed by atoms with van der Waals surface area (Å²) in [5, 5.41) is 26.9. The van der Waals surface area contributed by atoms with E-state index < -0.39 is 12.2 Å². The number of carbonyl (C=O) groups is 1. The number of ether oxygens (including phenoxy) is 1. The van der Waals surface area contributed by atoms with Gasteiger partial charge in [0.15, 0.2) is 0 Å². The lowest BCUT2D eigenvalue weighted by Crippen LogP contribution is -2.66. The lowest BCUT2D eigenvalue weighted by Gasteiger charge is -2.68. The van der Waals surface area contributed by atoms with Crippen molar-refractivity contribution >= 4 is 5.97 Å². The van der Waals surface area contributed by atoms with E-state index in [1.807, 2.05) is 6.92 Å². The van der Waals surface area contributed by atoms with Crippen LogP contribution in [0, 0.1) is 45.1 Å². The highest BCUT2D eigenvalue weighted by atomic mass is 16.6. The minimum absolute atomic E-state index is 0.0356. The highest BCUT2D eigenvalue weighted by molar-refractivity contribution is 5.87. The second-order valence-electron chi connectivity index (χ2n) is 11.7. The Labute approximate surface area is 179 Å². The van der Waals surface area contributed by atoms with E-state index in [2.05, 4.69) is 13.5 Å². The van der Waals surface area contributed by atoms with Crippen molar-refractivity contribution in [2.24, 2.45) is 39.9 Å². The monoisotopic (exact) mass is 412 g/mol. The van der Waals surface area contributed by atoms with Crippen LogP contribution in [0.15, 0.2) is 23.8 Å². The molecule has 30 heavy (non-hydrogen) atoms. The normalized spacial score (nSPS) is 56.2. The van der Waals surface area contributed by atoms with Crippen molar-refractivity contribution in [1.29, 1.82) is 0 Å². The second kappa shape index (κ2) is 5.79. The minimum Gasteiger partial charge on any atom is -0.785 e. The summed E-state index contributed by atoms with van der Waals surface area (Å²) in [7, 11) is 0. The van der Waals surface area contributed by atoms with E-state index >= 15 is 0 Å². The van der Waals surface area contributed by atoms with Crippen LogP contribution in [-0.4, -0.2) is 40.9 Å². The number of hydrogen-bond donors (Lipinski definition) is 1. The van der Waals surface area contributed by atoms with Gasteiger partial charge in [-0.25, -0.2) is 4.79 Å². The lowest BCUT2D eigenvalue weighted by molar-refractivity contribution is -0.209. The predicted molar refractivity (Wildman–Crippen MR) is 113 cm³/mol. The fourth-order valence-electron chi connectivity index (χ4n) is 10.2. The summed E-state index contributed by atoms with van der Waals surface area (Å²) in [6, 6.07) is -0.0613. The molecule has 1 aliphatic heterocycles. The van der Waals surface area contributed by atoms with Gasteiger partial charge in [-0.05, 0) is 80.6 Å².